The number of benzene rings is 1. The van der Waals surface area contributed by atoms with Gasteiger partial charge in [-0.1, -0.05) is 18.9 Å². The average Bonchev–Trinajstić information content (AvgIpc) is 3.31. The molecule has 2 N–H and O–H groups in total. The predicted molar refractivity (Wildman–Crippen MR) is 122 cm³/mol. The molecular formula is C20H30F2IN5O. The molecule has 0 bridgehead atoms. The minimum Gasteiger partial charge on any atom is -0.365 e. The highest BCUT2D eigenvalue weighted by Crippen LogP contribution is 2.26. The first-order valence-electron chi connectivity index (χ1n) is 9.90. The van der Waals surface area contributed by atoms with Gasteiger partial charge in [0.05, 0.1) is 0 Å². The standard InChI is InChI=1S/C20H29F2N5O.HI/c1-26(2)18(28)12-23-20(24-14-6-3-4-7-14)25-15-10-11-27(13-15)19-16(21)8-5-9-17(19)22;/h5,8-9,14-15H,3-4,6-7,10-13H2,1-2H3,(H2,23,24,25);1H. The Labute approximate surface area is 188 Å². The van der Waals surface area contributed by atoms with E-state index in [1.54, 1.807) is 19.0 Å². The third kappa shape index (κ3) is 6.42. The van der Waals surface area contributed by atoms with Crippen molar-refractivity contribution < 1.29 is 13.6 Å². The Kier molecular flexibility index (Phi) is 8.91. The van der Waals surface area contributed by atoms with Crippen molar-refractivity contribution in [2.75, 3.05) is 38.6 Å². The lowest BCUT2D eigenvalue weighted by Gasteiger charge is -2.23. The summed E-state index contributed by atoms with van der Waals surface area (Å²) in [6, 6.07) is 4.28. The lowest BCUT2D eigenvalue weighted by atomic mass is 10.2. The molecule has 1 saturated carbocycles. The molecular weight excluding hydrogens is 491 g/mol. The molecule has 1 heterocycles. The van der Waals surface area contributed by atoms with Gasteiger partial charge in [0, 0.05) is 39.3 Å². The molecule has 6 nitrogen and oxygen atoms in total. The van der Waals surface area contributed by atoms with Gasteiger partial charge < -0.3 is 20.4 Å². The van der Waals surface area contributed by atoms with Crippen molar-refractivity contribution in [3.05, 3.63) is 29.8 Å². The Hall–Kier alpha value is -1.65. The second-order valence-corrected chi connectivity index (χ2v) is 7.72. The summed E-state index contributed by atoms with van der Waals surface area (Å²) in [5.74, 6) is -0.567. The summed E-state index contributed by atoms with van der Waals surface area (Å²) >= 11 is 0. The molecule has 162 valence electrons. The van der Waals surface area contributed by atoms with Crippen molar-refractivity contribution in [2.24, 2.45) is 4.99 Å². The predicted octanol–water partition coefficient (Wildman–Crippen LogP) is 2.73. The average molecular weight is 521 g/mol. The number of hydrogen-bond acceptors (Lipinski definition) is 3. The van der Waals surface area contributed by atoms with Crippen molar-refractivity contribution in [3.63, 3.8) is 0 Å². The van der Waals surface area contributed by atoms with Gasteiger partial charge in [0.2, 0.25) is 5.91 Å². The number of rotatable bonds is 5. The third-order valence-corrected chi connectivity index (χ3v) is 5.35. The number of carbonyl (C=O) groups excluding carboxylic acids is 1. The lowest BCUT2D eigenvalue weighted by molar-refractivity contribution is -0.127. The normalized spacial score (nSPS) is 19.8. The van der Waals surface area contributed by atoms with Crippen molar-refractivity contribution in [2.45, 2.75) is 44.2 Å². The van der Waals surface area contributed by atoms with Crippen LogP contribution in [0.25, 0.3) is 0 Å². The van der Waals surface area contributed by atoms with Gasteiger partial charge in [-0.25, -0.2) is 13.8 Å². The molecule has 1 unspecified atom stereocenters. The maximum atomic E-state index is 14.1. The molecule has 0 radical (unpaired) electrons. The second kappa shape index (κ2) is 10.9. The first kappa shape index (κ1) is 23.6. The highest BCUT2D eigenvalue weighted by molar-refractivity contribution is 14.0. The summed E-state index contributed by atoms with van der Waals surface area (Å²) in [4.78, 5) is 19.6. The molecule has 1 atom stereocenters. The third-order valence-electron chi connectivity index (χ3n) is 5.35. The molecule has 0 spiro atoms. The number of amides is 1. The van der Waals surface area contributed by atoms with Crippen LogP contribution in [-0.4, -0.2) is 62.6 Å². The zero-order valence-corrected chi connectivity index (χ0v) is 19.3. The van der Waals surface area contributed by atoms with Gasteiger partial charge in [-0.15, -0.1) is 24.0 Å². The maximum absolute atomic E-state index is 14.1. The van der Waals surface area contributed by atoms with Gasteiger partial charge in [-0.3, -0.25) is 4.79 Å². The molecule has 1 amide bonds. The number of hydrogen-bond donors (Lipinski definition) is 2. The number of guanidine groups is 1. The van der Waals surface area contributed by atoms with Crippen molar-refractivity contribution in [3.8, 4) is 0 Å². The number of nitrogens with zero attached hydrogens (tertiary/aromatic N) is 3. The van der Waals surface area contributed by atoms with E-state index in [4.69, 9.17) is 0 Å². The van der Waals surface area contributed by atoms with Crippen LogP contribution >= 0.6 is 24.0 Å². The van der Waals surface area contributed by atoms with E-state index in [0.717, 1.165) is 19.3 Å². The summed E-state index contributed by atoms with van der Waals surface area (Å²) in [5.41, 5.74) is 0.0248. The van der Waals surface area contributed by atoms with E-state index >= 15 is 0 Å². The minimum atomic E-state index is -0.546. The highest BCUT2D eigenvalue weighted by atomic mass is 127. The van der Waals surface area contributed by atoms with Gasteiger partial charge in [0.1, 0.15) is 23.9 Å². The van der Waals surface area contributed by atoms with Crippen LogP contribution in [0.2, 0.25) is 0 Å². The maximum Gasteiger partial charge on any atom is 0.243 e. The van der Waals surface area contributed by atoms with Crippen molar-refractivity contribution in [1.82, 2.24) is 15.5 Å². The summed E-state index contributed by atoms with van der Waals surface area (Å²) in [6.45, 7) is 1.10. The van der Waals surface area contributed by atoms with Crippen LogP contribution in [0.15, 0.2) is 23.2 Å². The van der Waals surface area contributed by atoms with E-state index in [9.17, 15) is 13.6 Å². The number of nitrogens with one attached hydrogen (secondary N) is 2. The molecule has 1 aromatic carbocycles. The zero-order valence-electron chi connectivity index (χ0n) is 17.0. The van der Waals surface area contributed by atoms with Crippen LogP contribution in [0.4, 0.5) is 14.5 Å². The fourth-order valence-electron chi connectivity index (χ4n) is 3.75. The van der Waals surface area contributed by atoms with E-state index in [-0.39, 0.29) is 48.2 Å². The van der Waals surface area contributed by atoms with E-state index in [2.05, 4.69) is 15.6 Å². The van der Waals surface area contributed by atoms with Crippen LogP contribution in [0.5, 0.6) is 0 Å². The molecule has 1 aliphatic carbocycles. The first-order chi connectivity index (χ1) is 13.4. The first-order valence-corrected chi connectivity index (χ1v) is 9.90. The number of aliphatic imine (C=N–C) groups is 1. The van der Waals surface area contributed by atoms with E-state index in [1.807, 2.05) is 0 Å². The van der Waals surface area contributed by atoms with Crippen molar-refractivity contribution >= 4 is 41.5 Å². The number of likely N-dealkylation sites (N-methyl/N-ethyl adjacent to an activating group) is 1. The largest absolute Gasteiger partial charge is 0.365 e. The Morgan fingerprint density at radius 1 is 1.14 bits per heavy atom. The molecule has 1 saturated heterocycles. The SMILES string of the molecule is CN(C)C(=O)CN=C(NC1CCCC1)NC1CCN(c2c(F)cccc2F)C1.I. The van der Waals surface area contributed by atoms with Gasteiger partial charge in [0.25, 0.3) is 0 Å². The summed E-state index contributed by atoms with van der Waals surface area (Å²) in [6.07, 6.45) is 5.27. The van der Waals surface area contributed by atoms with Gasteiger partial charge in [-0.2, -0.15) is 0 Å². The quantitative estimate of drug-likeness (QED) is 0.356. The topological polar surface area (TPSA) is 60.0 Å². The molecule has 9 heteroatoms. The fourth-order valence-corrected chi connectivity index (χ4v) is 3.75. The Bertz CT molecular complexity index is 705. The Morgan fingerprint density at radius 2 is 1.76 bits per heavy atom. The number of para-hydroxylation sites is 1. The number of halogens is 3. The number of carbonyl (C=O) groups is 1. The van der Waals surface area contributed by atoms with Gasteiger partial charge >= 0.3 is 0 Å². The van der Waals surface area contributed by atoms with Gasteiger partial charge in [-0.05, 0) is 31.4 Å². The van der Waals surface area contributed by atoms with E-state index < -0.39 is 11.6 Å². The van der Waals surface area contributed by atoms with Crippen LogP contribution in [-0.2, 0) is 4.79 Å². The monoisotopic (exact) mass is 521 g/mol. The molecule has 1 aliphatic heterocycles. The van der Waals surface area contributed by atoms with Crippen LogP contribution in [0.1, 0.15) is 32.1 Å². The zero-order chi connectivity index (χ0) is 20.1. The summed E-state index contributed by atoms with van der Waals surface area (Å²) in [7, 11) is 3.40. The van der Waals surface area contributed by atoms with Crippen molar-refractivity contribution in [1.29, 1.82) is 0 Å². The van der Waals surface area contributed by atoms with Gasteiger partial charge in [0.15, 0.2) is 5.96 Å². The molecule has 29 heavy (non-hydrogen) atoms. The Balaban J connectivity index is 0.00000300. The highest BCUT2D eigenvalue weighted by Gasteiger charge is 2.28. The Morgan fingerprint density at radius 3 is 2.38 bits per heavy atom. The number of anilines is 1. The van der Waals surface area contributed by atoms with Crippen LogP contribution < -0.4 is 15.5 Å². The summed E-state index contributed by atoms with van der Waals surface area (Å²) < 4.78 is 28.1. The smallest absolute Gasteiger partial charge is 0.243 e. The van der Waals surface area contributed by atoms with E-state index in [1.165, 1.54) is 35.9 Å². The van der Waals surface area contributed by atoms with E-state index in [0.29, 0.717) is 25.1 Å². The minimum absolute atomic E-state index is 0. The lowest BCUT2D eigenvalue weighted by Crippen LogP contribution is -2.48. The molecule has 3 rings (SSSR count). The van der Waals surface area contributed by atoms with Crippen LogP contribution in [0.3, 0.4) is 0 Å². The molecule has 2 fully saturated rings. The second-order valence-electron chi connectivity index (χ2n) is 7.72. The molecule has 2 aliphatic rings. The summed E-state index contributed by atoms with van der Waals surface area (Å²) in [5, 5.41) is 6.77. The molecule has 0 aromatic heterocycles. The fraction of sp³-hybridized carbons (Fsp3) is 0.600. The molecule has 1 aromatic rings. The van der Waals surface area contributed by atoms with Crippen LogP contribution in [0, 0.1) is 11.6 Å².